The quantitative estimate of drug-likeness (QED) is 0.633. The van der Waals surface area contributed by atoms with Gasteiger partial charge in [0.25, 0.3) is 10.0 Å². The van der Waals surface area contributed by atoms with Crippen LogP contribution in [0.25, 0.3) is 0 Å². The van der Waals surface area contributed by atoms with E-state index in [0.29, 0.717) is 40.2 Å². The van der Waals surface area contributed by atoms with Gasteiger partial charge in [-0.05, 0) is 69.0 Å². The summed E-state index contributed by atoms with van der Waals surface area (Å²) in [6, 6.07) is 9.74. The second kappa shape index (κ2) is 8.71. The summed E-state index contributed by atoms with van der Waals surface area (Å²) in [6.07, 6.45) is 0.818. The Kier molecular flexibility index (Phi) is 6.58. The van der Waals surface area contributed by atoms with Crippen molar-refractivity contribution in [1.82, 2.24) is 0 Å². The van der Waals surface area contributed by atoms with Crippen LogP contribution in [0.1, 0.15) is 39.7 Å². The molecule has 0 saturated heterocycles. The van der Waals surface area contributed by atoms with Crippen LogP contribution in [0.3, 0.4) is 0 Å². The van der Waals surface area contributed by atoms with E-state index in [-0.39, 0.29) is 17.4 Å². The van der Waals surface area contributed by atoms with E-state index < -0.39 is 15.4 Å². The van der Waals surface area contributed by atoms with Crippen LogP contribution in [0.5, 0.6) is 5.75 Å². The van der Waals surface area contributed by atoms with Gasteiger partial charge in [-0.2, -0.15) is 0 Å². The Morgan fingerprint density at radius 3 is 2.58 bits per heavy atom. The second-order valence-corrected chi connectivity index (χ2v) is 11.1. The number of amides is 1. The largest absolute Gasteiger partial charge is 0.490 e. The number of hydrogen-bond acceptors (Lipinski definition) is 4. The van der Waals surface area contributed by atoms with Crippen LogP contribution in [0.2, 0.25) is 5.02 Å². The molecule has 8 heteroatoms. The van der Waals surface area contributed by atoms with E-state index in [1.165, 1.54) is 6.07 Å². The van der Waals surface area contributed by atoms with Crippen LogP contribution < -0.4 is 14.4 Å². The van der Waals surface area contributed by atoms with Gasteiger partial charge in [-0.3, -0.25) is 9.52 Å². The summed E-state index contributed by atoms with van der Waals surface area (Å²) in [7, 11) is -3.86. The lowest BCUT2D eigenvalue weighted by atomic mass is 9.92. The predicted molar refractivity (Wildman–Crippen MR) is 125 cm³/mol. The van der Waals surface area contributed by atoms with E-state index in [9.17, 15) is 13.2 Å². The van der Waals surface area contributed by atoms with Crippen molar-refractivity contribution in [3.8, 4) is 5.75 Å². The molecule has 0 unspecified atom stereocenters. The summed E-state index contributed by atoms with van der Waals surface area (Å²) in [5, 5.41) is 0.342. The van der Waals surface area contributed by atoms with Gasteiger partial charge in [0, 0.05) is 11.6 Å². The normalized spacial score (nSPS) is 16.0. The lowest BCUT2D eigenvalue weighted by molar-refractivity contribution is -0.127. The van der Waals surface area contributed by atoms with Crippen molar-refractivity contribution in [3.05, 3.63) is 47.0 Å². The first-order chi connectivity index (χ1) is 14.4. The van der Waals surface area contributed by atoms with Gasteiger partial charge in [0.1, 0.15) is 12.4 Å². The molecule has 0 radical (unpaired) electrons. The van der Waals surface area contributed by atoms with E-state index in [1.54, 1.807) is 42.2 Å². The molecule has 0 aliphatic carbocycles. The minimum Gasteiger partial charge on any atom is -0.490 e. The standard InChI is InChI=1S/C23H29ClN2O4S/c1-15(2)10-11-26-19-13-18(8-9-20(19)30-14-23(4,5)22(26)27)25-31(28,29)21-12-17(24)7-6-16(21)3/h6-9,12-13,15,25H,10-11,14H2,1-5H3. The lowest BCUT2D eigenvalue weighted by Crippen LogP contribution is -2.42. The number of nitrogens with one attached hydrogen (secondary N) is 1. The van der Waals surface area contributed by atoms with E-state index in [1.807, 2.05) is 13.8 Å². The maximum atomic E-state index is 13.2. The van der Waals surface area contributed by atoms with Crippen LogP contribution >= 0.6 is 11.6 Å². The minimum atomic E-state index is -3.86. The van der Waals surface area contributed by atoms with Gasteiger partial charge in [0.2, 0.25) is 5.91 Å². The maximum absolute atomic E-state index is 13.2. The average molecular weight is 465 g/mol. The lowest BCUT2D eigenvalue weighted by Gasteiger charge is -2.28. The highest BCUT2D eigenvalue weighted by Gasteiger charge is 2.37. The fourth-order valence-electron chi connectivity index (χ4n) is 3.39. The first-order valence-electron chi connectivity index (χ1n) is 10.3. The number of rotatable bonds is 6. The Labute approximate surface area is 189 Å². The smallest absolute Gasteiger partial charge is 0.262 e. The summed E-state index contributed by atoms with van der Waals surface area (Å²) in [5.74, 6) is 0.929. The number of ether oxygens (including phenoxy) is 1. The van der Waals surface area contributed by atoms with Crippen molar-refractivity contribution >= 4 is 38.9 Å². The molecule has 6 nitrogen and oxygen atoms in total. The molecule has 0 bridgehead atoms. The molecule has 1 N–H and O–H groups in total. The predicted octanol–water partition coefficient (Wildman–Crippen LogP) is 5.25. The third-order valence-corrected chi connectivity index (χ3v) is 7.04. The topological polar surface area (TPSA) is 75.7 Å². The Morgan fingerprint density at radius 2 is 1.90 bits per heavy atom. The Hall–Kier alpha value is -2.25. The van der Waals surface area contributed by atoms with Crippen LogP contribution in [-0.4, -0.2) is 27.5 Å². The first kappa shape index (κ1) is 23.4. The van der Waals surface area contributed by atoms with Gasteiger partial charge in [-0.25, -0.2) is 8.42 Å². The summed E-state index contributed by atoms with van der Waals surface area (Å²) < 4.78 is 34.5. The number of fused-ring (bicyclic) bond motifs is 1. The van der Waals surface area contributed by atoms with E-state index >= 15 is 0 Å². The molecule has 0 saturated carbocycles. The van der Waals surface area contributed by atoms with E-state index in [4.69, 9.17) is 16.3 Å². The Morgan fingerprint density at radius 1 is 1.19 bits per heavy atom. The zero-order valence-corrected chi connectivity index (χ0v) is 20.1. The van der Waals surface area contributed by atoms with Gasteiger partial charge < -0.3 is 9.64 Å². The molecule has 0 spiro atoms. The molecule has 2 aromatic rings. The third-order valence-electron chi connectivity index (χ3n) is 5.28. The molecule has 1 heterocycles. The van der Waals surface area contributed by atoms with Crippen molar-refractivity contribution in [2.75, 3.05) is 22.8 Å². The van der Waals surface area contributed by atoms with Crippen LogP contribution in [-0.2, 0) is 14.8 Å². The van der Waals surface area contributed by atoms with Crippen LogP contribution in [0, 0.1) is 18.3 Å². The molecule has 0 fully saturated rings. The second-order valence-electron chi connectivity index (χ2n) is 9.01. The molecule has 0 atom stereocenters. The monoisotopic (exact) mass is 464 g/mol. The first-order valence-corrected chi connectivity index (χ1v) is 12.1. The zero-order chi connectivity index (χ0) is 23.0. The van der Waals surface area contributed by atoms with Crippen molar-refractivity contribution < 1.29 is 17.9 Å². The van der Waals surface area contributed by atoms with E-state index in [0.717, 1.165) is 6.42 Å². The molecule has 2 aromatic carbocycles. The molecule has 168 valence electrons. The molecular weight excluding hydrogens is 436 g/mol. The van der Waals surface area contributed by atoms with Crippen LogP contribution in [0.15, 0.2) is 41.3 Å². The fourth-order valence-corrected chi connectivity index (χ4v) is 4.95. The molecule has 1 aliphatic rings. The molecule has 31 heavy (non-hydrogen) atoms. The van der Waals surface area contributed by atoms with Gasteiger partial charge >= 0.3 is 0 Å². The number of sulfonamides is 1. The highest BCUT2D eigenvalue weighted by atomic mass is 35.5. The van der Waals surface area contributed by atoms with Crippen molar-refractivity contribution in [2.45, 2.75) is 45.9 Å². The molecule has 1 aliphatic heterocycles. The number of carbonyl (C=O) groups is 1. The number of nitrogens with zero attached hydrogens (tertiary/aromatic N) is 1. The highest BCUT2D eigenvalue weighted by Crippen LogP contribution is 2.39. The minimum absolute atomic E-state index is 0.0439. The molecule has 0 aromatic heterocycles. The van der Waals surface area contributed by atoms with Crippen molar-refractivity contribution in [1.29, 1.82) is 0 Å². The number of aryl methyl sites for hydroxylation is 1. The number of halogens is 1. The van der Waals surface area contributed by atoms with Gasteiger partial charge in [-0.1, -0.05) is 31.5 Å². The highest BCUT2D eigenvalue weighted by molar-refractivity contribution is 7.92. The SMILES string of the molecule is Cc1ccc(Cl)cc1S(=O)(=O)Nc1ccc2c(c1)N(CCC(C)C)C(=O)C(C)(C)CO2. The summed E-state index contributed by atoms with van der Waals surface area (Å²) in [4.78, 5) is 15.1. The van der Waals surface area contributed by atoms with Crippen LogP contribution in [0.4, 0.5) is 11.4 Å². The summed E-state index contributed by atoms with van der Waals surface area (Å²) in [5.41, 5.74) is 0.821. The number of anilines is 2. The van der Waals surface area contributed by atoms with Crippen molar-refractivity contribution in [2.24, 2.45) is 11.3 Å². The summed E-state index contributed by atoms with van der Waals surface area (Å²) in [6.45, 7) is 10.4. The fraction of sp³-hybridized carbons (Fsp3) is 0.435. The third kappa shape index (κ3) is 5.15. The average Bonchev–Trinajstić information content (AvgIpc) is 2.77. The van der Waals surface area contributed by atoms with E-state index in [2.05, 4.69) is 18.6 Å². The number of benzene rings is 2. The number of carbonyl (C=O) groups excluding carboxylic acids is 1. The number of hydrogen-bond donors (Lipinski definition) is 1. The van der Waals surface area contributed by atoms with Gasteiger partial charge in [0.05, 0.1) is 21.7 Å². The molecule has 1 amide bonds. The maximum Gasteiger partial charge on any atom is 0.262 e. The van der Waals surface area contributed by atoms with Gasteiger partial charge in [0.15, 0.2) is 0 Å². The summed E-state index contributed by atoms with van der Waals surface area (Å²) >= 11 is 6.01. The molecular formula is C23H29ClN2O4S. The molecule has 3 rings (SSSR count). The Bertz CT molecular complexity index is 1100. The van der Waals surface area contributed by atoms with Gasteiger partial charge in [-0.15, -0.1) is 0 Å². The van der Waals surface area contributed by atoms with Crippen molar-refractivity contribution in [3.63, 3.8) is 0 Å². The zero-order valence-electron chi connectivity index (χ0n) is 18.5. The Balaban J connectivity index is 2.00.